The van der Waals surface area contributed by atoms with Crippen molar-refractivity contribution in [3.05, 3.63) is 0 Å². The first-order valence-electron chi connectivity index (χ1n) is 2.33. The van der Waals surface area contributed by atoms with Crippen molar-refractivity contribution in [3.8, 4) is 0 Å². The maximum absolute atomic E-state index is 12.0. The summed E-state index contributed by atoms with van der Waals surface area (Å²) in [4.78, 5) is 21.5. The molecule has 0 aliphatic carbocycles. The molecule has 0 unspecified atom stereocenters. The Morgan fingerprint density at radius 2 is 1.91 bits per heavy atom. The molecule has 0 aliphatic rings. The molecule has 4 nitrogen and oxygen atoms in total. The summed E-state index contributed by atoms with van der Waals surface area (Å²) in [5, 5.41) is 7.78. The highest BCUT2D eigenvalue weighted by Gasteiger charge is 2.44. The van der Waals surface area contributed by atoms with Crippen LogP contribution in [0.4, 0.5) is 13.3 Å². The summed E-state index contributed by atoms with van der Waals surface area (Å²) in [6, 6.07) is 0. The van der Waals surface area contributed by atoms with Crippen LogP contribution in [0.2, 0.25) is 0 Å². The fourth-order valence-corrected chi connectivity index (χ4v) is 0.319. The number of hydrogen-bond donors (Lipinski definition) is 1. The van der Waals surface area contributed by atoms with Gasteiger partial charge in [0.05, 0.1) is 0 Å². The average molecular weight is 172 g/mol. The maximum atomic E-state index is 12.0. The first kappa shape index (κ1) is 9.73. The quantitative estimate of drug-likeness (QED) is 0.674. The molecule has 0 rings (SSSR count). The van der Waals surface area contributed by atoms with Gasteiger partial charge in [-0.1, -0.05) is 0 Å². The van der Waals surface area contributed by atoms with Crippen LogP contribution in [0.3, 0.4) is 0 Å². The summed E-state index contributed by atoms with van der Waals surface area (Å²) in [6.45, 7) is 0. The lowest BCUT2D eigenvalue weighted by Crippen LogP contribution is -2.31. The summed E-state index contributed by atoms with van der Waals surface area (Å²) in [5.41, 5.74) is 0. The number of carboxylic acid groups (broad SMARTS) is 1. The van der Waals surface area contributed by atoms with Crippen LogP contribution in [-0.2, 0) is 14.5 Å². The standard InChI is InChI=1S/C4H3F3O4/c5-4(6,1-2(8)9)3(10)11-7/h1H2,(H,8,9). The summed E-state index contributed by atoms with van der Waals surface area (Å²) in [5.74, 6) is -8.72. The van der Waals surface area contributed by atoms with Crippen molar-refractivity contribution in [3.63, 3.8) is 0 Å². The third-order valence-electron chi connectivity index (χ3n) is 0.742. The van der Waals surface area contributed by atoms with Gasteiger partial charge >= 0.3 is 17.9 Å². The molecule has 0 saturated carbocycles. The lowest BCUT2D eigenvalue weighted by molar-refractivity contribution is -0.213. The molecule has 0 aromatic heterocycles. The predicted molar refractivity (Wildman–Crippen MR) is 24.4 cm³/mol. The van der Waals surface area contributed by atoms with Gasteiger partial charge in [0.15, 0.2) is 0 Å². The van der Waals surface area contributed by atoms with Crippen LogP contribution in [0.5, 0.6) is 0 Å². The molecule has 11 heavy (non-hydrogen) atoms. The summed E-state index contributed by atoms with van der Waals surface area (Å²) in [7, 11) is 0. The molecule has 0 radical (unpaired) electrons. The van der Waals surface area contributed by atoms with Gasteiger partial charge in [-0.15, -0.1) is 0 Å². The van der Waals surface area contributed by atoms with Gasteiger partial charge in [0, 0.05) is 4.53 Å². The lowest BCUT2D eigenvalue weighted by Gasteiger charge is -2.06. The van der Waals surface area contributed by atoms with Crippen LogP contribution < -0.4 is 0 Å². The fraction of sp³-hybridized carbons (Fsp3) is 0.500. The molecule has 0 aliphatic heterocycles. The molecule has 0 atom stereocenters. The number of rotatable bonds is 3. The van der Waals surface area contributed by atoms with Crippen LogP contribution in [-0.4, -0.2) is 23.0 Å². The van der Waals surface area contributed by atoms with E-state index in [2.05, 4.69) is 4.94 Å². The molecule has 0 heterocycles. The zero-order chi connectivity index (χ0) is 9.07. The third kappa shape index (κ3) is 2.87. The Balaban J connectivity index is 4.21. The average Bonchev–Trinajstić information content (AvgIpc) is 1.83. The molecule has 7 heteroatoms. The van der Waals surface area contributed by atoms with Crippen LogP contribution in [0, 0.1) is 0 Å². The van der Waals surface area contributed by atoms with E-state index in [0.29, 0.717) is 0 Å². The van der Waals surface area contributed by atoms with Crippen LogP contribution in [0.15, 0.2) is 0 Å². The van der Waals surface area contributed by atoms with Crippen molar-refractivity contribution in [1.29, 1.82) is 0 Å². The largest absolute Gasteiger partial charge is 0.481 e. The number of carboxylic acids is 1. The highest BCUT2D eigenvalue weighted by molar-refractivity contribution is 5.83. The number of hydrogen-bond acceptors (Lipinski definition) is 3. The summed E-state index contributed by atoms with van der Waals surface area (Å²) >= 11 is 0. The Bertz CT molecular complexity index is 178. The minimum absolute atomic E-state index is 1.78. The zero-order valence-corrected chi connectivity index (χ0v) is 5.01. The first-order valence-corrected chi connectivity index (χ1v) is 2.33. The second kappa shape index (κ2) is 3.22. The van der Waals surface area contributed by atoms with Gasteiger partial charge in [-0.05, 0) is 0 Å². The monoisotopic (exact) mass is 172 g/mol. The van der Waals surface area contributed by atoms with Crippen molar-refractivity contribution in [1.82, 2.24) is 0 Å². The molecule has 0 bridgehead atoms. The van der Waals surface area contributed by atoms with E-state index in [1.165, 1.54) is 0 Å². The van der Waals surface area contributed by atoms with E-state index in [4.69, 9.17) is 5.11 Å². The smallest absolute Gasteiger partial charge is 0.418 e. The second-order valence-corrected chi connectivity index (χ2v) is 1.64. The van der Waals surface area contributed by atoms with Gasteiger partial charge in [-0.25, -0.2) is 9.74 Å². The molecule has 64 valence electrons. The lowest BCUT2D eigenvalue weighted by atomic mass is 10.2. The molecule has 0 amide bonds. The normalized spacial score (nSPS) is 10.8. The number of halogens is 3. The fourth-order valence-electron chi connectivity index (χ4n) is 0.319. The Kier molecular flexibility index (Phi) is 2.85. The van der Waals surface area contributed by atoms with E-state index in [0.717, 1.165) is 0 Å². The number of carbonyl (C=O) groups excluding carboxylic acids is 1. The van der Waals surface area contributed by atoms with Gasteiger partial charge in [-0.3, -0.25) is 4.79 Å². The third-order valence-corrected chi connectivity index (χ3v) is 0.742. The van der Waals surface area contributed by atoms with Crippen LogP contribution >= 0.6 is 0 Å². The van der Waals surface area contributed by atoms with Gasteiger partial charge in [0.2, 0.25) is 0 Å². The molecule has 0 spiro atoms. The number of aliphatic carboxylic acids is 1. The van der Waals surface area contributed by atoms with Crippen LogP contribution in [0.25, 0.3) is 0 Å². The molecular weight excluding hydrogens is 169 g/mol. The van der Waals surface area contributed by atoms with Gasteiger partial charge in [-0.2, -0.15) is 8.78 Å². The Labute approximate surface area is 58.5 Å². The van der Waals surface area contributed by atoms with E-state index >= 15 is 0 Å². The van der Waals surface area contributed by atoms with Gasteiger partial charge in [0.1, 0.15) is 6.42 Å². The maximum Gasteiger partial charge on any atom is 0.418 e. The number of alkyl halides is 2. The van der Waals surface area contributed by atoms with E-state index in [9.17, 15) is 22.9 Å². The zero-order valence-electron chi connectivity index (χ0n) is 5.01. The Morgan fingerprint density at radius 1 is 1.45 bits per heavy atom. The van der Waals surface area contributed by atoms with Crippen molar-refractivity contribution in [2.45, 2.75) is 12.3 Å². The minimum Gasteiger partial charge on any atom is -0.481 e. The number of carbonyl (C=O) groups is 2. The van der Waals surface area contributed by atoms with E-state index in [-0.39, 0.29) is 0 Å². The van der Waals surface area contributed by atoms with Crippen molar-refractivity contribution in [2.75, 3.05) is 0 Å². The highest BCUT2D eigenvalue weighted by atomic mass is 19.3. The minimum atomic E-state index is -4.30. The Morgan fingerprint density at radius 3 is 2.18 bits per heavy atom. The highest BCUT2D eigenvalue weighted by Crippen LogP contribution is 2.19. The van der Waals surface area contributed by atoms with Gasteiger partial charge < -0.3 is 5.11 Å². The van der Waals surface area contributed by atoms with Crippen molar-refractivity contribution < 1.29 is 32.9 Å². The first-order chi connectivity index (χ1) is 4.90. The summed E-state index contributed by atoms with van der Waals surface area (Å²) in [6.07, 6.45) is -1.78. The van der Waals surface area contributed by atoms with E-state index in [1.54, 1.807) is 0 Å². The van der Waals surface area contributed by atoms with Crippen molar-refractivity contribution in [2.24, 2.45) is 0 Å². The molecule has 0 saturated heterocycles. The van der Waals surface area contributed by atoms with Gasteiger partial charge in [0.25, 0.3) is 0 Å². The molecule has 0 fully saturated rings. The molecular formula is C4H3F3O4. The van der Waals surface area contributed by atoms with E-state index < -0.39 is 24.3 Å². The predicted octanol–water partition coefficient (Wildman–Crippen LogP) is 0.524. The molecule has 1 N–H and O–H groups in total. The molecule has 0 aromatic carbocycles. The SMILES string of the molecule is O=C(O)CC(F)(F)C(=O)OF. The Hall–Kier alpha value is -1.27. The van der Waals surface area contributed by atoms with E-state index in [1.807, 2.05) is 0 Å². The molecule has 0 aromatic rings. The van der Waals surface area contributed by atoms with Crippen molar-refractivity contribution >= 4 is 11.9 Å². The topological polar surface area (TPSA) is 63.6 Å². The van der Waals surface area contributed by atoms with Crippen LogP contribution in [0.1, 0.15) is 6.42 Å². The summed E-state index contributed by atoms with van der Waals surface area (Å²) < 4.78 is 34.8. The second-order valence-electron chi connectivity index (χ2n) is 1.64.